The third kappa shape index (κ3) is 7.06. The van der Waals surface area contributed by atoms with Crippen molar-refractivity contribution in [3.05, 3.63) is 12.3 Å². The standard InChI is InChI=1S/C8H17N3/c1-8(2)10-7-11(3)6-4-5-9/h7H,1,4-6,9H2,2-3H3. The van der Waals surface area contributed by atoms with Crippen molar-refractivity contribution < 1.29 is 0 Å². The summed E-state index contributed by atoms with van der Waals surface area (Å²) < 4.78 is 0. The Labute approximate surface area is 68.6 Å². The Bertz CT molecular complexity index is 140. The smallest absolute Gasteiger partial charge is 0.0905 e. The molecule has 0 bridgehead atoms. The minimum atomic E-state index is 0.727. The van der Waals surface area contributed by atoms with Crippen LogP contribution in [0.25, 0.3) is 0 Å². The number of rotatable bonds is 5. The van der Waals surface area contributed by atoms with Crippen LogP contribution in [0, 0.1) is 0 Å². The summed E-state index contributed by atoms with van der Waals surface area (Å²) in [7, 11) is 1.97. The Morgan fingerprint density at radius 3 is 2.82 bits per heavy atom. The van der Waals surface area contributed by atoms with Gasteiger partial charge in [0.25, 0.3) is 0 Å². The van der Waals surface area contributed by atoms with Gasteiger partial charge in [0.05, 0.1) is 6.34 Å². The second-order valence-corrected chi connectivity index (χ2v) is 2.60. The van der Waals surface area contributed by atoms with E-state index >= 15 is 0 Å². The van der Waals surface area contributed by atoms with Crippen LogP contribution in [0.2, 0.25) is 0 Å². The molecule has 3 heteroatoms. The molecule has 0 aromatic rings. The van der Waals surface area contributed by atoms with Gasteiger partial charge in [0.15, 0.2) is 0 Å². The molecule has 0 saturated heterocycles. The van der Waals surface area contributed by atoms with E-state index in [9.17, 15) is 0 Å². The summed E-state index contributed by atoms with van der Waals surface area (Å²) in [5.41, 5.74) is 6.17. The van der Waals surface area contributed by atoms with Gasteiger partial charge in [-0.2, -0.15) is 0 Å². The maximum atomic E-state index is 5.34. The highest BCUT2D eigenvalue weighted by Gasteiger charge is 1.88. The Morgan fingerprint density at radius 2 is 2.36 bits per heavy atom. The number of hydrogen-bond acceptors (Lipinski definition) is 2. The van der Waals surface area contributed by atoms with Gasteiger partial charge in [0.1, 0.15) is 0 Å². The molecule has 0 aromatic heterocycles. The molecule has 0 rings (SSSR count). The summed E-state index contributed by atoms with van der Waals surface area (Å²) in [6.07, 6.45) is 2.77. The van der Waals surface area contributed by atoms with Gasteiger partial charge >= 0.3 is 0 Å². The van der Waals surface area contributed by atoms with Crippen molar-refractivity contribution in [1.82, 2.24) is 4.90 Å². The van der Waals surface area contributed by atoms with Crippen LogP contribution in [0.5, 0.6) is 0 Å². The van der Waals surface area contributed by atoms with E-state index < -0.39 is 0 Å². The fraction of sp³-hybridized carbons (Fsp3) is 0.625. The van der Waals surface area contributed by atoms with Gasteiger partial charge in [0, 0.05) is 19.3 Å². The van der Waals surface area contributed by atoms with Crippen molar-refractivity contribution in [3.8, 4) is 0 Å². The monoisotopic (exact) mass is 155 g/mol. The Balaban J connectivity index is 3.50. The molecule has 0 unspecified atom stereocenters. The Hall–Kier alpha value is -0.830. The van der Waals surface area contributed by atoms with Gasteiger partial charge in [-0.25, -0.2) is 4.99 Å². The molecule has 0 saturated carbocycles. The summed E-state index contributed by atoms with van der Waals surface area (Å²) in [5.74, 6) is 0. The average Bonchev–Trinajstić information content (AvgIpc) is 1.97. The van der Waals surface area contributed by atoms with Crippen molar-refractivity contribution in [2.45, 2.75) is 13.3 Å². The van der Waals surface area contributed by atoms with E-state index in [0.29, 0.717) is 0 Å². The SMILES string of the molecule is C=C(C)N=CN(C)CCCN. The third-order valence-electron chi connectivity index (χ3n) is 1.19. The lowest BCUT2D eigenvalue weighted by Crippen LogP contribution is -2.19. The molecule has 0 amide bonds. The molecular formula is C8H17N3. The topological polar surface area (TPSA) is 41.6 Å². The minimum absolute atomic E-state index is 0.727. The summed E-state index contributed by atoms with van der Waals surface area (Å²) in [5, 5.41) is 0. The maximum Gasteiger partial charge on any atom is 0.0905 e. The van der Waals surface area contributed by atoms with E-state index in [2.05, 4.69) is 11.6 Å². The molecule has 0 spiro atoms. The normalized spacial score (nSPS) is 10.5. The van der Waals surface area contributed by atoms with Crippen molar-refractivity contribution in [1.29, 1.82) is 0 Å². The summed E-state index contributed by atoms with van der Waals surface area (Å²) in [6, 6.07) is 0. The lowest BCUT2D eigenvalue weighted by molar-refractivity contribution is 0.505. The molecule has 0 aliphatic heterocycles. The highest BCUT2D eigenvalue weighted by Crippen LogP contribution is 1.88. The predicted octanol–water partition coefficient (Wildman–Crippen LogP) is 0.829. The first-order valence-electron chi connectivity index (χ1n) is 3.77. The van der Waals surface area contributed by atoms with Crippen LogP contribution >= 0.6 is 0 Å². The van der Waals surface area contributed by atoms with Crippen molar-refractivity contribution >= 4 is 6.34 Å². The van der Waals surface area contributed by atoms with Gasteiger partial charge < -0.3 is 10.6 Å². The van der Waals surface area contributed by atoms with E-state index in [1.807, 2.05) is 18.9 Å². The second kappa shape index (κ2) is 5.92. The number of nitrogens with two attached hydrogens (primary N) is 1. The lowest BCUT2D eigenvalue weighted by atomic mass is 10.4. The molecule has 0 fully saturated rings. The first-order valence-corrected chi connectivity index (χ1v) is 3.77. The fourth-order valence-corrected chi connectivity index (χ4v) is 0.596. The van der Waals surface area contributed by atoms with Crippen LogP contribution in [0.3, 0.4) is 0 Å². The molecule has 2 N–H and O–H groups in total. The number of nitrogens with zero attached hydrogens (tertiary/aromatic N) is 2. The van der Waals surface area contributed by atoms with E-state index in [1.165, 1.54) is 0 Å². The zero-order valence-corrected chi connectivity index (χ0v) is 7.38. The minimum Gasteiger partial charge on any atom is -0.366 e. The molecule has 0 radical (unpaired) electrons. The number of allylic oxidation sites excluding steroid dienone is 1. The van der Waals surface area contributed by atoms with E-state index in [0.717, 1.165) is 25.2 Å². The van der Waals surface area contributed by atoms with Gasteiger partial charge in [-0.1, -0.05) is 6.58 Å². The number of hydrogen-bond donors (Lipinski definition) is 1. The van der Waals surface area contributed by atoms with E-state index in [4.69, 9.17) is 5.73 Å². The van der Waals surface area contributed by atoms with Crippen molar-refractivity contribution in [2.24, 2.45) is 10.7 Å². The zero-order valence-electron chi connectivity index (χ0n) is 7.38. The maximum absolute atomic E-state index is 5.34. The second-order valence-electron chi connectivity index (χ2n) is 2.60. The van der Waals surface area contributed by atoms with Crippen LogP contribution in [-0.2, 0) is 0 Å². The van der Waals surface area contributed by atoms with Crippen molar-refractivity contribution in [2.75, 3.05) is 20.1 Å². The molecular weight excluding hydrogens is 138 g/mol. The van der Waals surface area contributed by atoms with Gasteiger partial charge in [0.2, 0.25) is 0 Å². The van der Waals surface area contributed by atoms with Crippen LogP contribution in [0.4, 0.5) is 0 Å². The lowest BCUT2D eigenvalue weighted by Gasteiger charge is -2.11. The molecule has 0 aliphatic carbocycles. The van der Waals surface area contributed by atoms with E-state index in [1.54, 1.807) is 6.34 Å². The molecule has 3 nitrogen and oxygen atoms in total. The first-order chi connectivity index (χ1) is 5.16. The highest BCUT2D eigenvalue weighted by molar-refractivity contribution is 5.55. The van der Waals surface area contributed by atoms with Gasteiger partial charge in [-0.15, -0.1) is 0 Å². The van der Waals surface area contributed by atoms with Gasteiger partial charge in [-0.05, 0) is 19.9 Å². The molecule has 0 heterocycles. The molecule has 0 aliphatic rings. The molecule has 0 atom stereocenters. The van der Waals surface area contributed by atoms with Crippen LogP contribution in [0.15, 0.2) is 17.3 Å². The van der Waals surface area contributed by atoms with Crippen LogP contribution < -0.4 is 5.73 Å². The first kappa shape index (κ1) is 10.2. The Kier molecular flexibility index (Phi) is 5.47. The predicted molar refractivity (Wildman–Crippen MR) is 49.6 cm³/mol. The van der Waals surface area contributed by atoms with Crippen molar-refractivity contribution in [3.63, 3.8) is 0 Å². The average molecular weight is 155 g/mol. The molecule has 0 aromatic carbocycles. The Morgan fingerprint density at radius 1 is 1.73 bits per heavy atom. The summed E-state index contributed by atoms with van der Waals surface area (Å²) in [4.78, 5) is 6.04. The van der Waals surface area contributed by atoms with E-state index in [-0.39, 0.29) is 0 Å². The third-order valence-corrected chi connectivity index (χ3v) is 1.19. The van der Waals surface area contributed by atoms with Gasteiger partial charge in [-0.3, -0.25) is 0 Å². The quantitative estimate of drug-likeness (QED) is 0.472. The highest BCUT2D eigenvalue weighted by atomic mass is 15.1. The summed E-state index contributed by atoms with van der Waals surface area (Å²) >= 11 is 0. The fourth-order valence-electron chi connectivity index (χ4n) is 0.596. The molecule has 64 valence electrons. The largest absolute Gasteiger partial charge is 0.366 e. The van der Waals surface area contributed by atoms with Crippen LogP contribution in [0.1, 0.15) is 13.3 Å². The molecule has 11 heavy (non-hydrogen) atoms. The number of aliphatic imine (C=N–C) groups is 1. The zero-order chi connectivity index (χ0) is 8.69. The summed E-state index contributed by atoms with van der Waals surface area (Å²) in [6.45, 7) is 7.21. The van der Waals surface area contributed by atoms with Crippen LogP contribution in [-0.4, -0.2) is 31.4 Å².